The first kappa shape index (κ1) is 13.1. The van der Waals surface area contributed by atoms with Crippen molar-refractivity contribution in [2.24, 2.45) is 5.73 Å². The van der Waals surface area contributed by atoms with Crippen LogP contribution in [0.2, 0.25) is 0 Å². The SMILES string of the molecule is NCc1cc(Br)ccc1Sc1nc2ccccc2s1. The smallest absolute Gasteiger partial charge is 0.155 e. The Bertz CT molecular complexity index is 691. The van der Waals surface area contributed by atoms with Gasteiger partial charge in [-0.1, -0.05) is 39.8 Å². The molecule has 0 radical (unpaired) electrons. The van der Waals surface area contributed by atoms with Crippen molar-refractivity contribution >= 4 is 49.2 Å². The van der Waals surface area contributed by atoms with Gasteiger partial charge in [0.2, 0.25) is 0 Å². The molecule has 19 heavy (non-hydrogen) atoms. The van der Waals surface area contributed by atoms with Crippen LogP contribution in [-0.4, -0.2) is 4.98 Å². The van der Waals surface area contributed by atoms with Gasteiger partial charge in [0.05, 0.1) is 10.2 Å². The fourth-order valence-corrected chi connectivity index (χ4v) is 4.35. The molecule has 2 aromatic carbocycles. The van der Waals surface area contributed by atoms with Crippen LogP contribution in [0.5, 0.6) is 0 Å². The highest BCUT2D eigenvalue weighted by Gasteiger charge is 2.08. The fourth-order valence-electron chi connectivity index (χ4n) is 1.80. The zero-order valence-electron chi connectivity index (χ0n) is 9.97. The molecule has 3 aromatic rings. The van der Waals surface area contributed by atoms with Crippen molar-refractivity contribution in [2.45, 2.75) is 15.8 Å². The van der Waals surface area contributed by atoms with Crippen molar-refractivity contribution < 1.29 is 0 Å². The maximum atomic E-state index is 5.80. The highest BCUT2D eigenvalue weighted by Crippen LogP contribution is 2.36. The van der Waals surface area contributed by atoms with E-state index in [1.807, 2.05) is 24.3 Å². The Labute approximate surface area is 128 Å². The zero-order chi connectivity index (χ0) is 13.2. The van der Waals surface area contributed by atoms with Crippen LogP contribution in [0, 0.1) is 0 Å². The van der Waals surface area contributed by atoms with Crippen LogP contribution in [0.25, 0.3) is 10.2 Å². The molecule has 0 aliphatic carbocycles. The molecule has 0 amide bonds. The predicted molar refractivity (Wildman–Crippen MR) is 85.8 cm³/mol. The summed E-state index contributed by atoms with van der Waals surface area (Å²) in [4.78, 5) is 5.81. The van der Waals surface area contributed by atoms with E-state index in [4.69, 9.17) is 5.73 Å². The van der Waals surface area contributed by atoms with Crippen LogP contribution < -0.4 is 5.73 Å². The van der Waals surface area contributed by atoms with Gasteiger partial charge in [0.25, 0.3) is 0 Å². The first-order chi connectivity index (χ1) is 9.26. The van der Waals surface area contributed by atoms with Gasteiger partial charge in [-0.3, -0.25) is 0 Å². The molecule has 5 heteroatoms. The van der Waals surface area contributed by atoms with E-state index < -0.39 is 0 Å². The van der Waals surface area contributed by atoms with Crippen LogP contribution in [0.1, 0.15) is 5.56 Å². The molecule has 1 heterocycles. The van der Waals surface area contributed by atoms with Gasteiger partial charge in [0.15, 0.2) is 4.34 Å². The minimum Gasteiger partial charge on any atom is -0.326 e. The number of aromatic nitrogens is 1. The van der Waals surface area contributed by atoms with E-state index in [0.29, 0.717) is 6.54 Å². The minimum atomic E-state index is 0.534. The molecule has 96 valence electrons. The minimum absolute atomic E-state index is 0.534. The molecule has 0 saturated carbocycles. The normalized spacial score (nSPS) is 11.1. The molecule has 0 aliphatic rings. The number of rotatable bonds is 3. The van der Waals surface area contributed by atoms with Gasteiger partial charge in [-0.2, -0.15) is 0 Å². The van der Waals surface area contributed by atoms with E-state index in [2.05, 4.69) is 39.1 Å². The molecule has 3 rings (SSSR count). The zero-order valence-corrected chi connectivity index (χ0v) is 13.2. The van der Waals surface area contributed by atoms with Gasteiger partial charge in [-0.05, 0) is 35.9 Å². The summed E-state index contributed by atoms with van der Waals surface area (Å²) in [6.07, 6.45) is 0. The Morgan fingerprint density at radius 2 is 2.05 bits per heavy atom. The van der Waals surface area contributed by atoms with Crippen LogP contribution in [0.4, 0.5) is 0 Å². The first-order valence-corrected chi connectivity index (χ1v) is 8.21. The topological polar surface area (TPSA) is 38.9 Å². The van der Waals surface area contributed by atoms with Crippen molar-refractivity contribution in [2.75, 3.05) is 0 Å². The highest BCUT2D eigenvalue weighted by atomic mass is 79.9. The Kier molecular flexibility index (Phi) is 3.88. The monoisotopic (exact) mass is 350 g/mol. The molecule has 2 nitrogen and oxygen atoms in total. The summed E-state index contributed by atoms with van der Waals surface area (Å²) >= 11 is 6.87. The summed E-state index contributed by atoms with van der Waals surface area (Å²) in [6, 6.07) is 14.4. The Morgan fingerprint density at radius 1 is 1.21 bits per heavy atom. The van der Waals surface area contributed by atoms with Crippen molar-refractivity contribution in [3.8, 4) is 0 Å². The fraction of sp³-hybridized carbons (Fsp3) is 0.0714. The van der Waals surface area contributed by atoms with Gasteiger partial charge in [0, 0.05) is 15.9 Å². The lowest BCUT2D eigenvalue weighted by molar-refractivity contribution is 1.02. The lowest BCUT2D eigenvalue weighted by Gasteiger charge is -2.05. The van der Waals surface area contributed by atoms with Crippen LogP contribution >= 0.6 is 39.0 Å². The molecule has 1 aromatic heterocycles. The molecular formula is C14H11BrN2S2. The largest absolute Gasteiger partial charge is 0.326 e. The maximum Gasteiger partial charge on any atom is 0.155 e. The van der Waals surface area contributed by atoms with E-state index in [1.165, 1.54) is 9.60 Å². The number of benzene rings is 2. The lowest BCUT2D eigenvalue weighted by Crippen LogP contribution is -1.98. The van der Waals surface area contributed by atoms with Crippen molar-refractivity contribution in [1.29, 1.82) is 0 Å². The Balaban J connectivity index is 1.96. The maximum absolute atomic E-state index is 5.80. The van der Waals surface area contributed by atoms with E-state index >= 15 is 0 Å². The summed E-state index contributed by atoms with van der Waals surface area (Å²) < 4.78 is 3.33. The summed E-state index contributed by atoms with van der Waals surface area (Å²) in [6.45, 7) is 0.534. The second-order valence-corrected chi connectivity index (χ2v) is 7.24. The molecule has 0 saturated heterocycles. The Hall–Kier alpha value is -0.880. The number of fused-ring (bicyclic) bond motifs is 1. The van der Waals surface area contributed by atoms with Gasteiger partial charge >= 0.3 is 0 Å². The molecule has 0 fully saturated rings. The molecule has 0 atom stereocenters. The summed E-state index contributed by atoms with van der Waals surface area (Å²) in [7, 11) is 0. The average Bonchev–Trinajstić information content (AvgIpc) is 2.83. The van der Waals surface area contributed by atoms with E-state index in [1.54, 1.807) is 23.1 Å². The number of halogens is 1. The number of para-hydroxylation sites is 1. The van der Waals surface area contributed by atoms with Crippen molar-refractivity contribution in [1.82, 2.24) is 4.98 Å². The molecule has 0 unspecified atom stereocenters. The third-order valence-corrected chi connectivity index (χ3v) is 5.42. The molecular weight excluding hydrogens is 340 g/mol. The van der Waals surface area contributed by atoms with Crippen molar-refractivity contribution in [3.05, 3.63) is 52.5 Å². The molecule has 0 spiro atoms. The van der Waals surface area contributed by atoms with E-state index in [-0.39, 0.29) is 0 Å². The lowest BCUT2D eigenvalue weighted by atomic mass is 10.2. The standard InChI is InChI=1S/C14H11BrN2S2/c15-10-5-6-12(9(7-10)8-16)18-14-17-11-3-1-2-4-13(11)19-14/h1-7H,8,16H2. The molecule has 0 bridgehead atoms. The number of hydrogen-bond acceptors (Lipinski definition) is 4. The van der Waals surface area contributed by atoms with E-state index in [9.17, 15) is 0 Å². The van der Waals surface area contributed by atoms with Crippen LogP contribution in [-0.2, 0) is 6.54 Å². The Morgan fingerprint density at radius 3 is 2.84 bits per heavy atom. The van der Waals surface area contributed by atoms with Crippen molar-refractivity contribution in [3.63, 3.8) is 0 Å². The first-order valence-electron chi connectivity index (χ1n) is 5.78. The highest BCUT2D eigenvalue weighted by molar-refractivity contribution is 9.10. The third kappa shape index (κ3) is 2.84. The second-order valence-electron chi connectivity index (χ2n) is 4.01. The number of thiazole rings is 1. The number of nitrogens with zero attached hydrogens (tertiary/aromatic N) is 1. The average molecular weight is 351 g/mol. The number of hydrogen-bond donors (Lipinski definition) is 1. The van der Waals surface area contributed by atoms with Crippen LogP contribution in [0.15, 0.2) is 56.2 Å². The molecule has 0 aliphatic heterocycles. The summed E-state index contributed by atoms with van der Waals surface area (Å²) in [5.74, 6) is 0. The predicted octanol–water partition coefficient (Wildman–Crippen LogP) is 4.67. The van der Waals surface area contributed by atoms with Gasteiger partial charge in [-0.15, -0.1) is 11.3 Å². The van der Waals surface area contributed by atoms with Crippen LogP contribution in [0.3, 0.4) is 0 Å². The van der Waals surface area contributed by atoms with Gasteiger partial charge < -0.3 is 5.73 Å². The third-order valence-electron chi connectivity index (χ3n) is 2.71. The summed E-state index contributed by atoms with van der Waals surface area (Å²) in [5, 5.41) is 0. The quantitative estimate of drug-likeness (QED) is 0.745. The number of nitrogens with two attached hydrogens (primary N) is 1. The molecule has 2 N–H and O–H groups in total. The van der Waals surface area contributed by atoms with Gasteiger partial charge in [0.1, 0.15) is 0 Å². The van der Waals surface area contributed by atoms with Gasteiger partial charge in [-0.25, -0.2) is 4.98 Å². The summed E-state index contributed by atoms with van der Waals surface area (Å²) in [5.41, 5.74) is 7.99. The van der Waals surface area contributed by atoms with E-state index in [0.717, 1.165) is 19.9 Å². The second kappa shape index (κ2) is 5.63.